The maximum absolute atomic E-state index is 12.5. The van der Waals surface area contributed by atoms with Crippen LogP contribution >= 0.6 is 0 Å². The van der Waals surface area contributed by atoms with E-state index in [-0.39, 0.29) is 30.9 Å². The van der Waals surface area contributed by atoms with E-state index in [4.69, 9.17) is 23.9 Å². The number of carboxylic acids is 1. The molecule has 272 valence electrons. The van der Waals surface area contributed by atoms with Crippen molar-refractivity contribution in [1.82, 2.24) is 4.98 Å². The first-order valence-corrected chi connectivity index (χ1v) is 17.6. The first-order valence-electron chi connectivity index (χ1n) is 17.6. The van der Waals surface area contributed by atoms with Crippen molar-refractivity contribution in [2.75, 3.05) is 20.3 Å². The number of hydrogen-bond acceptors (Lipinski definition) is 10. The van der Waals surface area contributed by atoms with Crippen molar-refractivity contribution < 1.29 is 54.1 Å². The number of methoxy groups -OCH3 is 1. The molecule has 0 aromatic carbocycles. The fraction of sp³-hybridized carbons (Fsp3) is 0.676. The molecule has 1 aromatic rings. The lowest BCUT2D eigenvalue weighted by Gasteiger charge is -2.56. The molecule has 12 nitrogen and oxygen atoms in total. The van der Waals surface area contributed by atoms with E-state index in [1.165, 1.54) is 32.4 Å². The molecule has 1 saturated heterocycles. The fourth-order valence-corrected chi connectivity index (χ4v) is 8.32. The number of esters is 1. The number of aliphatic carboxylic acids is 1. The number of carbonyl (C=O) groups is 2. The van der Waals surface area contributed by atoms with Crippen LogP contribution in [0, 0.1) is 17.8 Å². The van der Waals surface area contributed by atoms with E-state index in [2.05, 4.69) is 13.5 Å². The SMILES string of the molecule is C=C[C@@H]1[C@H](CC(=O)O)C(C(=O)OC)=CC[C@H]1O[C@@H]1O[C@H](CO)[C@]2(C=c3cc([C@H](C)C4CCCCC4)[n-]c3=C(CCCO)O2)[C@H](O)[C@]1(O)CC. The summed E-state index contributed by atoms with van der Waals surface area (Å²) >= 11 is 0. The molecule has 1 aromatic heterocycles. The Bertz CT molecular complexity index is 1510. The highest BCUT2D eigenvalue weighted by Gasteiger charge is 2.64. The molecular weight excluding hydrogens is 634 g/mol. The second kappa shape index (κ2) is 15.5. The smallest absolute Gasteiger partial charge is 0.333 e. The number of aliphatic hydroxyl groups excluding tert-OH is 3. The number of ether oxygens (including phenoxy) is 4. The number of nitrogens with zero attached hydrogens (tertiary/aromatic N) is 1. The van der Waals surface area contributed by atoms with Gasteiger partial charge < -0.3 is 49.5 Å². The first-order chi connectivity index (χ1) is 23.5. The second-order valence-corrected chi connectivity index (χ2v) is 14.0. The van der Waals surface area contributed by atoms with Gasteiger partial charge in [-0.15, -0.1) is 6.58 Å². The molecule has 12 heteroatoms. The largest absolute Gasteiger partial charge is 0.658 e. The van der Waals surface area contributed by atoms with Gasteiger partial charge in [0.15, 0.2) is 11.9 Å². The predicted octanol–water partition coefficient (Wildman–Crippen LogP) is 1.76. The number of carbonyl (C=O) groups excluding carboxylic acids is 1. The number of carboxylic acid groups (broad SMARTS) is 1. The zero-order valence-electron chi connectivity index (χ0n) is 28.8. The van der Waals surface area contributed by atoms with Gasteiger partial charge in [0.25, 0.3) is 0 Å². The van der Waals surface area contributed by atoms with E-state index in [0.29, 0.717) is 35.1 Å². The third-order valence-electron chi connectivity index (χ3n) is 11.2. The molecule has 3 heterocycles. The Morgan fingerprint density at radius 1 is 1.22 bits per heavy atom. The summed E-state index contributed by atoms with van der Waals surface area (Å²) < 4.78 is 24.2. The van der Waals surface area contributed by atoms with Crippen LogP contribution in [0.1, 0.15) is 89.7 Å². The number of aliphatic hydroxyl groups is 4. The molecule has 5 rings (SSSR count). The summed E-state index contributed by atoms with van der Waals surface area (Å²) in [5, 5.41) is 55.9. The van der Waals surface area contributed by atoms with E-state index in [1.54, 1.807) is 19.1 Å². The molecular formula is C37H52NO11-. The normalized spacial score (nSPS) is 33.9. The summed E-state index contributed by atoms with van der Waals surface area (Å²) in [5.41, 5.74) is -2.67. The van der Waals surface area contributed by atoms with Crippen LogP contribution in [-0.2, 0) is 28.5 Å². The minimum atomic E-state index is -2.06. The van der Waals surface area contributed by atoms with Crippen LogP contribution in [0.5, 0.6) is 0 Å². The number of aromatic nitrogens is 1. The number of hydrogen-bond donors (Lipinski definition) is 5. The van der Waals surface area contributed by atoms with Gasteiger partial charge in [0.2, 0.25) is 0 Å². The third-order valence-corrected chi connectivity index (χ3v) is 11.2. The highest BCUT2D eigenvalue weighted by atomic mass is 16.7. The van der Waals surface area contributed by atoms with Crippen molar-refractivity contribution in [1.29, 1.82) is 0 Å². The van der Waals surface area contributed by atoms with Crippen molar-refractivity contribution in [3.8, 4) is 0 Å². The molecule has 0 amide bonds. The Morgan fingerprint density at radius 3 is 2.57 bits per heavy atom. The van der Waals surface area contributed by atoms with Crippen molar-refractivity contribution in [3.63, 3.8) is 0 Å². The van der Waals surface area contributed by atoms with E-state index in [1.807, 2.05) is 6.07 Å². The monoisotopic (exact) mass is 686 g/mol. The van der Waals surface area contributed by atoms with Gasteiger partial charge in [0.1, 0.15) is 17.8 Å². The molecule has 2 aliphatic heterocycles. The summed E-state index contributed by atoms with van der Waals surface area (Å²) in [6, 6.07) is 2.00. The number of fused-ring (bicyclic) bond motifs is 1. The topological polar surface area (TPSA) is 186 Å². The zero-order chi connectivity index (χ0) is 35.5. The second-order valence-electron chi connectivity index (χ2n) is 14.0. The Labute approximate surface area is 287 Å². The number of rotatable bonds is 13. The molecule has 0 unspecified atom stereocenters. The highest BCUT2D eigenvalue weighted by molar-refractivity contribution is 5.90. The lowest BCUT2D eigenvalue weighted by molar-refractivity contribution is -0.365. The average molecular weight is 687 g/mol. The zero-order valence-corrected chi connectivity index (χ0v) is 28.8. The van der Waals surface area contributed by atoms with E-state index in [9.17, 15) is 35.1 Å². The Hall–Kier alpha value is -3.00. The molecule has 49 heavy (non-hydrogen) atoms. The molecule has 1 spiro atoms. The Balaban J connectivity index is 1.51. The standard InChI is InChI=1S/C37H52NO11/c1-5-24-26(18-31(41)42)25(33(43)46-4)14-15-28(24)47-35-36(45,6-2)34(44)37(30(20-40)48-35)19-23-17-27(21(3)22-11-8-7-9-12-22)38-32(23)29(49-37)13-10-16-39/h5,14,17,19,21-22,24,26,28,30,34-35,39-40,44-45H,1,6-13,15-16,18,20H2,2-4H3,(H,41,42)/q-1/t21-,24-,26+,28-,30-,34-,35-,36-,37-/m1/s1. The van der Waals surface area contributed by atoms with Crippen LogP contribution in [0.3, 0.4) is 0 Å². The summed E-state index contributed by atoms with van der Waals surface area (Å²) in [7, 11) is 1.22. The van der Waals surface area contributed by atoms with Gasteiger partial charge in [0.05, 0.1) is 32.0 Å². The fourth-order valence-electron chi connectivity index (χ4n) is 8.32. The molecule has 9 atom stereocenters. The first kappa shape index (κ1) is 37.3. The van der Waals surface area contributed by atoms with Gasteiger partial charge in [-0.25, -0.2) is 4.79 Å². The van der Waals surface area contributed by atoms with Gasteiger partial charge in [-0.1, -0.05) is 56.7 Å². The van der Waals surface area contributed by atoms with Crippen molar-refractivity contribution in [2.24, 2.45) is 17.8 Å². The molecule has 0 bridgehead atoms. The summed E-state index contributed by atoms with van der Waals surface area (Å²) in [4.78, 5) is 29.3. The van der Waals surface area contributed by atoms with E-state index in [0.717, 1.165) is 18.5 Å². The van der Waals surface area contributed by atoms with E-state index >= 15 is 0 Å². The van der Waals surface area contributed by atoms with Crippen LogP contribution in [0.2, 0.25) is 0 Å². The van der Waals surface area contributed by atoms with E-state index < -0.39 is 72.6 Å². The predicted molar refractivity (Wildman–Crippen MR) is 178 cm³/mol. The lowest BCUT2D eigenvalue weighted by atomic mass is 9.73. The molecule has 2 aliphatic carbocycles. The molecule has 2 fully saturated rings. The quantitative estimate of drug-likeness (QED) is 0.150. The lowest BCUT2D eigenvalue weighted by Crippen LogP contribution is -2.74. The molecule has 4 aliphatic rings. The Morgan fingerprint density at radius 2 is 1.96 bits per heavy atom. The molecule has 1 saturated carbocycles. The maximum Gasteiger partial charge on any atom is 0.333 e. The van der Waals surface area contributed by atoms with Crippen molar-refractivity contribution >= 4 is 23.8 Å². The van der Waals surface area contributed by atoms with Crippen LogP contribution in [0.4, 0.5) is 0 Å². The van der Waals surface area contributed by atoms with Crippen molar-refractivity contribution in [2.45, 2.75) is 120 Å². The van der Waals surface area contributed by atoms with Crippen molar-refractivity contribution in [3.05, 3.63) is 46.6 Å². The third kappa shape index (κ3) is 7.00. The average Bonchev–Trinajstić information content (AvgIpc) is 3.54. The van der Waals surface area contributed by atoms with Gasteiger partial charge >= 0.3 is 11.9 Å². The highest BCUT2D eigenvalue weighted by Crippen LogP contribution is 2.46. The molecule has 5 N–H and O–H groups in total. The van der Waals surface area contributed by atoms with Gasteiger partial charge in [-0.2, -0.15) is 5.69 Å². The molecule has 0 radical (unpaired) electrons. The van der Waals surface area contributed by atoms with Gasteiger partial charge in [-0.3, -0.25) is 4.79 Å². The van der Waals surface area contributed by atoms with Crippen LogP contribution in [-0.4, -0.2) is 93.6 Å². The summed E-state index contributed by atoms with van der Waals surface area (Å²) in [6.45, 7) is 7.04. The minimum absolute atomic E-state index is 0.0364. The minimum Gasteiger partial charge on any atom is -0.658 e. The van der Waals surface area contributed by atoms with Gasteiger partial charge in [-0.05, 0) is 55.2 Å². The Kier molecular flexibility index (Phi) is 11.8. The summed E-state index contributed by atoms with van der Waals surface area (Å²) in [6.07, 6.45) is 5.96. The van der Waals surface area contributed by atoms with Crippen LogP contribution in [0.15, 0.2) is 30.4 Å². The van der Waals surface area contributed by atoms with Crippen LogP contribution < -0.4 is 15.6 Å². The summed E-state index contributed by atoms with van der Waals surface area (Å²) in [5.74, 6) is -2.14. The van der Waals surface area contributed by atoms with Crippen LogP contribution in [0.25, 0.3) is 11.8 Å². The maximum atomic E-state index is 12.5. The van der Waals surface area contributed by atoms with Gasteiger partial charge in [0, 0.05) is 30.4 Å².